The molecule has 1 saturated heterocycles. The van der Waals surface area contributed by atoms with Crippen LogP contribution in [-0.2, 0) is 6.18 Å². The minimum atomic E-state index is -4.48. The smallest absolute Gasteiger partial charge is 0.339 e. The Bertz CT molecular complexity index is 1070. The van der Waals surface area contributed by atoms with E-state index in [2.05, 4.69) is 15.5 Å². The van der Waals surface area contributed by atoms with Crippen molar-refractivity contribution in [3.63, 3.8) is 0 Å². The van der Waals surface area contributed by atoms with Crippen molar-refractivity contribution in [2.45, 2.75) is 24.9 Å². The number of nitrogens with zero attached hydrogens (tertiary/aromatic N) is 3. The highest BCUT2D eigenvalue weighted by Gasteiger charge is 2.31. The van der Waals surface area contributed by atoms with Gasteiger partial charge in [0.25, 0.3) is 0 Å². The lowest BCUT2D eigenvalue weighted by Crippen LogP contribution is -2.41. The zero-order chi connectivity index (χ0) is 22.0. The Hall–Kier alpha value is -3.07. The van der Waals surface area contributed by atoms with Crippen molar-refractivity contribution in [2.24, 2.45) is 0 Å². The van der Waals surface area contributed by atoms with E-state index in [0.29, 0.717) is 36.2 Å². The molecule has 2 amide bonds. The number of anilines is 1. The Morgan fingerprint density at radius 3 is 2.71 bits per heavy atom. The number of carbonyl (C=O) groups excluding carboxylic acids is 1. The van der Waals surface area contributed by atoms with Gasteiger partial charge in [-0.15, -0.1) is 0 Å². The highest BCUT2D eigenvalue weighted by Crippen LogP contribution is 2.31. The Morgan fingerprint density at radius 1 is 1.19 bits per heavy atom. The summed E-state index contributed by atoms with van der Waals surface area (Å²) in [5.74, 6) is 0.688. The third kappa shape index (κ3) is 4.99. The van der Waals surface area contributed by atoms with E-state index in [0.717, 1.165) is 24.1 Å². The monoisotopic (exact) mass is 450 g/mol. The maximum Gasteiger partial charge on any atom is 0.416 e. The quantitative estimate of drug-likeness (QED) is 0.545. The third-order valence-electron chi connectivity index (χ3n) is 5.04. The van der Waals surface area contributed by atoms with Gasteiger partial charge in [0.05, 0.1) is 11.5 Å². The lowest BCUT2D eigenvalue weighted by molar-refractivity contribution is -0.137. The van der Waals surface area contributed by atoms with Gasteiger partial charge in [-0.1, -0.05) is 22.8 Å². The molecule has 1 aromatic heterocycles. The Kier molecular flexibility index (Phi) is 5.86. The van der Waals surface area contributed by atoms with Crippen LogP contribution in [0.5, 0.6) is 0 Å². The Balaban J connectivity index is 1.43. The number of alkyl halides is 3. The zero-order valence-electron chi connectivity index (χ0n) is 16.2. The number of hydrogen-bond donors (Lipinski definition) is 1. The van der Waals surface area contributed by atoms with Gasteiger partial charge >= 0.3 is 12.2 Å². The summed E-state index contributed by atoms with van der Waals surface area (Å²) in [5, 5.41) is 7.15. The molecule has 162 valence electrons. The van der Waals surface area contributed by atoms with Gasteiger partial charge in [0.2, 0.25) is 11.7 Å². The molecular weight excluding hydrogens is 433 g/mol. The fourth-order valence-electron chi connectivity index (χ4n) is 3.46. The van der Waals surface area contributed by atoms with Crippen molar-refractivity contribution < 1.29 is 22.5 Å². The van der Waals surface area contributed by atoms with Crippen LogP contribution >= 0.6 is 11.6 Å². The van der Waals surface area contributed by atoms with Crippen LogP contribution in [0.4, 0.5) is 23.7 Å². The van der Waals surface area contributed by atoms with Crippen LogP contribution in [0.15, 0.2) is 53.1 Å². The molecule has 2 aromatic carbocycles. The summed E-state index contributed by atoms with van der Waals surface area (Å²) in [5.41, 5.74) is 0.0292. The number of carbonyl (C=O) groups is 1. The average Bonchev–Trinajstić information content (AvgIpc) is 3.24. The van der Waals surface area contributed by atoms with Gasteiger partial charge in [0.15, 0.2) is 0 Å². The van der Waals surface area contributed by atoms with E-state index in [1.807, 2.05) is 0 Å². The second-order valence-corrected chi connectivity index (χ2v) is 7.69. The van der Waals surface area contributed by atoms with Gasteiger partial charge in [-0.2, -0.15) is 18.2 Å². The highest BCUT2D eigenvalue weighted by atomic mass is 35.5. The summed E-state index contributed by atoms with van der Waals surface area (Å²) >= 11 is 5.90. The summed E-state index contributed by atoms with van der Waals surface area (Å²) < 4.78 is 44.1. The van der Waals surface area contributed by atoms with Crippen LogP contribution in [0.2, 0.25) is 5.02 Å². The number of amides is 2. The molecule has 3 aromatic rings. The minimum Gasteiger partial charge on any atom is -0.339 e. The highest BCUT2D eigenvalue weighted by molar-refractivity contribution is 6.30. The lowest BCUT2D eigenvalue weighted by atomic mass is 9.98. The molecule has 2 heterocycles. The molecule has 0 radical (unpaired) electrons. The molecule has 0 saturated carbocycles. The van der Waals surface area contributed by atoms with E-state index in [4.69, 9.17) is 16.1 Å². The number of piperidine rings is 1. The van der Waals surface area contributed by atoms with E-state index < -0.39 is 17.8 Å². The van der Waals surface area contributed by atoms with Gasteiger partial charge in [-0.3, -0.25) is 0 Å². The molecule has 1 N–H and O–H groups in total. The molecule has 1 unspecified atom stereocenters. The minimum absolute atomic E-state index is 0.0877. The SMILES string of the molecule is O=C(Nc1cccc(C(F)(F)F)c1)N1CCCC(c2nc(-c3ccc(Cl)cc3)no2)C1. The molecule has 0 spiro atoms. The summed E-state index contributed by atoms with van der Waals surface area (Å²) in [7, 11) is 0. The van der Waals surface area contributed by atoms with Crippen LogP contribution in [-0.4, -0.2) is 34.2 Å². The van der Waals surface area contributed by atoms with Gasteiger partial charge in [-0.25, -0.2) is 4.79 Å². The van der Waals surface area contributed by atoms with Crippen molar-refractivity contribution >= 4 is 23.3 Å². The second-order valence-electron chi connectivity index (χ2n) is 7.26. The van der Waals surface area contributed by atoms with Crippen LogP contribution in [0.3, 0.4) is 0 Å². The van der Waals surface area contributed by atoms with Crippen LogP contribution < -0.4 is 5.32 Å². The van der Waals surface area contributed by atoms with Crippen molar-refractivity contribution in [2.75, 3.05) is 18.4 Å². The number of hydrogen-bond acceptors (Lipinski definition) is 4. The van der Waals surface area contributed by atoms with Crippen molar-refractivity contribution in [1.82, 2.24) is 15.0 Å². The first-order valence-electron chi connectivity index (χ1n) is 9.62. The van der Waals surface area contributed by atoms with E-state index >= 15 is 0 Å². The molecule has 0 bridgehead atoms. The van der Waals surface area contributed by atoms with E-state index in [1.165, 1.54) is 12.1 Å². The summed E-state index contributed by atoms with van der Waals surface area (Å²) in [6, 6.07) is 11.1. The van der Waals surface area contributed by atoms with E-state index in [9.17, 15) is 18.0 Å². The molecule has 1 fully saturated rings. The van der Waals surface area contributed by atoms with Gasteiger partial charge in [-0.05, 0) is 55.3 Å². The Labute approximate surface area is 181 Å². The van der Waals surface area contributed by atoms with E-state index in [1.54, 1.807) is 29.2 Å². The first kappa shape index (κ1) is 21.2. The van der Waals surface area contributed by atoms with Crippen LogP contribution in [0.1, 0.15) is 30.2 Å². The molecular formula is C21H18ClF3N4O2. The van der Waals surface area contributed by atoms with Gasteiger partial charge in [0, 0.05) is 29.4 Å². The molecule has 0 aliphatic carbocycles. The molecule has 31 heavy (non-hydrogen) atoms. The topological polar surface area (TPSA) is 71.3 Å². The number of benzene rings is 2. The van der Waals surface area contributed by atoms with E-state index in [-0.39, 0.29) is 11.6 Å². The lowest BCUT2D eigenvalue weighted by Gasteiger charge is -2.31. The van der Waals surface area contributed by atoms with Gasteiger partial charge in [0.1, 0.15) is 0 Å². The fraction of sp³-hybridized carbons (Fsp3) is 0.286. The summed E-state index contributed by atoms with van der Waals surface area (Å²) in [6.07, 6.45) is -3.01. The standard InChI is InChI=1S/C21H18ClF3N4O2/c22-16-8-6-13(7-9-16)18-27-19(31-28-18)14-3-2-10-29(12-14)20(30)26-17-5-1-4-15(11-17)21(23,24)25/h1,4-9,11,14H,2-3,10,12H2,(H,26,30). The Morgan fingerprint density at radius 2 is 1.97 bits per heavy atom. The van der Waals surface area contributed by atoms with Crippen LogP contribution in [0.25, 0.3) is 11.4 Å². The normalized spacial score (nSPS) is 16.9. The zero-order valence-corrected chi connectivity index (χ0v) is 17.0. The number of urea groups is 1. The summed E-state index contributed by atoms with van der Waals surface area (Å²) in [4.78, 5) is 18.6. The number of nitrogens with one attached hydrogen (secondary N) is 1. The maximum atomic E-state index is 12.9. The second kappa shape index (κ2) is 8.58. The average molecular weight is 451 g/mol. The fourth-order valence-corrected chi connectivity index (χ4v) is 3.58. The van der Waals surface area contributed by atoms with Crippen molar-refractivity contribution in [3.05, 3.63) is 65.0 Å². The molecule has 6 nitrogen and oxygen atoms in total. The number of rotatable bonds is 3. The molecule has 1 aliphatic rings. The number of halogens is 4. The van der Waals surface area contributed by atoms with Gasteiger partial charge < -0.3 is 14.7 Å². The predicted molar refractivity (Wildman–Crippen MR) is 109 cm³/mol. The first-order valence-corrected chi connectivity index (χ1v) is 10.00. The van der Waals surface area contributed by atoms with Crippen LogP contribution in [0, 0.1) is 0 Å². The van der Waals surface area contributed by atoms with Crippen molar-refractivity contribution in [1.29, 1.82) is 0 Å². The maximum absolute atomic E-state index is 12.9. The molecule has 1 atom stereocenters. The predicted octanol–water partition coefficient (Wildman–Crippen LogP) is 5.82. The molecule has 4 rings (SSSR count). The molecule has 10 heteroatoms. The largest absolute Gasteiger partial charge is 0.416 e. The number of likely N-dealkylation sites (tertiary alicyclic amines) is 1. The third-order valence-corrected chi connectivity index (χ3v) is 5.30. The number of aromatic nitrogens is 2. The first-order chi connectivity index (χ1) is 14.8. The summed E-state index contributed by atoms with van der Waals surface area (Å²) in [6.45, 7) is 0.812. The van der Waals surface area contributed by atoms with Crippen molar-refractivity contribution in [3.8, 4) is 11.4 Å². The molecule has 1 aliphatic heterocycles.